The van der Waals surface area contributed by atoms with E-state index in [1.165, 1.54) is 19.3 Å². The minimum atomic E-state index is -0.101. The molecule has 0 radical (unpaired) electrons. The van der Waals surface area contributed by atoms with Gasteiger partial charge in [-0.05, 0) is 33.4 Å². The van der Waals surface area contributed by atoms with Crippen molar-refractivity contribution in [3.8, 4) is 0 Å². The topological polar surface area (TPSA) is 32.3 Å². The first kappa shape index (κ1) is 16.5. The third-order valence-electron chi connectivity index (χ3n) is 4.51. The predicted molar refractivity (Wildman–Crippen MR) is 89.3 cm³/mol. The molecule has 0 unspecified atom stereocenters. The minimum Gasteiger partial charge on any atom is -0.358 e. The standard InChI is InChI=1S/C16H27ClN4/c1-15(2,3)14-18-12(17)10-13(19-14)21(6)11-16(20(4)5)8-7-9-16/h10H,7-9,11H2,1-6H3. The third-order valence-corrected chi connectivity index (χ3v) is 4.70. The van der Waals surface area contributed by atoms with E-state index in [0.29, 0.717) is 5.15 Å². The van der Waals surface area contributed by atoms with Crippen LogP contribution in [0.25, 0.3) is 0 Å². The summed E-state index contributed by atoms with van der Waals surface area (Å²) < 4.78 is 0. The highest BCUT2D eigenvalue weighted by Crippen LogP contribution is 2.37. The number of anilines is 1. The second kappa shape index (κ2) is 5.73. The smallest absolute Gasteiger partial charge is 0.137 e. The van der Waals surface area contributed by atoms with Gasteiger partial charge in [0, 0.05) is 30.6 Å². The van der Waals surface area contributed by atoms with E-state index in [9.17, 15) is 0 Å². The van der Waals surface area contributed by atoms with Crippen LogP contribution in [0.4, 0.5) is 5.82 Å². The molecule has 21 heavy (non-hydrogen) atoms. The van der Waals surface area contributed by atoms with Crippen molar-refractivity contribution < 1.29 is 0 Å². The molecule has 1 aromatic heterocycles. The second-order valence-corrected chi connectivity index (χ2v) is 7.84. The monoisotopic (exact) mass is 310 g/mol. The van der Waals surface area contributed by atoms with Gasteiger partial charge >= 0.3 is 0 Å². The average Bonchev–Trinajstić information content (AvgIpc) is 2.31. The van der Waals surface area contributed by atoms with Crippen LogP contribution < -0.4 is 4.90 Å². The Morgan fingerprint density at radius 2 is 1.81 bits per heavy atom. The van der Waals surface area contributed by atoms with E-state index in [1.54, 1.807) is 0 Å². The van der Waals surface area contributed by atoms with Gasteiger partial charge in [0.2, 0.25) is 0 Å². The summed E-state index contributed by atoms with van der Waals surface area (Å²) in [6.45, 7) is 7.29. The van der Waals surface area contributed by atoms with Crippen molar-refractivity contribution in [2.75, 3.05) is 32.6 Å². The molecule has 2 rings (SSSR count). The van der Waals surface area contributed by atoms with Gasteiger partial charge in [0.05, 0.1) is 0 Å². The normalized spacial score (nSPS) is 17.7. The first-order valence-electron chi connectivity index (χ1n) is 7.58. The van der Waals surface area contributed by atoms with E-state index in [1.807, 2.05) is 6.07 Å². The van der Waals surface area contributed by atoms with E-state index >= 15 is 0 Å². The molecule has 118 valence electrons. The van der Waals surface area contributed by atoms with Crippen molar-refractivity contribution >= 4 is 17.4 Å². The van der Waals surface area contributed by atoms with Gasteiger partial charge in [-0.3, -0.25) is 0 Å². The van der Waals surface area contributed by atoms with E-state index < -0.39 is 0 Å². The van der Waals surface area contributed by atoms with Crippen LogP contribution in [-0.4, -0.2) is 48.1 Å². The molecule has 0 bridgehead atoms. The molecule has 1 aliphatic carbocycles. The second-order valence-electron chi connectivity index (χ2n) is 7.45. The van der Waals surface area contributed by atoms with Gasteiger partial charge in [-0.2, -0.15) is 0 Å². The molecule has 0 amide bonds. The van der Waals surface area contributed by atoms with Crippen LogP contribution in [-0.2, 0) is 5.41 Å². The van der Waals surface area contributed by atoms with Crippen LogP contribution >= 0.6 is 11.6 Å². The summed E-state index contributed by atoms with van der Waals surface area (Å²) in [6.07, 6.45) is 3.80. The van der Waals surface area contributed by atoms with Crippen molar-refractivity contribution in [1.29, 1.82) is 0 Å². The Bertz CT molecular complexity index is 503. The summed E-state index contributed by atoms with van der Waals surface area (Å²) in [5, 5.41) is 0.518. The first-order valence-corrected chi connectivity index (χ1v) is 7.95. The molecular weight excluding hydrogens is 284 g/mol. The molecule has 1 heterocycles. The summed E-state index contributed by atoms with van der Waals surface area (Å²) in [6, 6.07) is 1.86. The van der Waals surface area contributed by atoms with Crippen LogP contribution in [0.1, 0.15) is 45.9 Å². The predicted octanol–water partition coefficient (Wildman–Crippen LogP) is 3.35. The fraction of sp³-hybridized carbons (Fsp3) is 0.750. The lowest BCUT2D eigenvalue weighted by molar-refractivity contribution is 0.0681. The van der Waals surface area contributed by atoms with Gasteiger partial charge in [0.15, 0.2) is 0 Å². The van der Waals surface area contributed by atoms with Gasteiger partial charge in [-0.1, -0.05) is 32.4 Å². The maximum atomic E-state index is 6.19. The molecule has 0 atom stereocenters. The van der Waals surface area contributed by atoms with Crippen LogP contribution in [0.3, 0.4) is 0 Å². The maximum Gasteiger partial charge on any atom is 0.137 e. The summed E-state index contributed by atoms with van der Waals surface area (Å²) >= 11 is 6.19. The third kappa shape index (κ3) is 3.49. The number of hydrogen-bond donors (Lipinski definition) is 0. The van der Waals surface area contributed by atoms with Crippen LogP contribution in [0.2, 0.25) is 5.15 Å². The van der Waals surface area contributed by atoms with Crippen molar-refractivity contribution in [1.82, 2.24) is 14.9 Å². The van der Waals surface area contributed by atoms with Crippen LogP contribution in [0.15, 0.2) is 6.07 Å². The fourth-order valence-electron chi connectivity index (χ4n) is 2.79. The highest BCUT2D eigenvalue weighted by molar-refractivity contribution is 6.29. The van der Waals surface area contributed by atoms with E-state index in [4.69, 9.17) is 16.6 Å². The lowest BCUT2D eigenvalue weighted by atomic mass is 9.75. The molecule has 5 heteroatoms. The Morgan fingerprint density at radius 1 is 1.19 bits per heavy atom. The molecule has 4 nitrogen and oxygen atoms in total. The van der Waals surface area contributed by atoms with E-state index in [0.717, 1.165) is 18.2 Å². The SMILES string of the molecule is CN(CC1(N(C)C)CCC1)c1cc(Cl)nc(C(C)(C)C)n1. The van der Waals surface area contributed by atoms with E-state index in [2.05, 4.69) is 56.7 Å². The van der Waals surface area contributed by atoms with Crippen LogP contribution in [0, 0.1) is 0 Å². The van der Waals surface area contributed by atoms with Gasteiger partial charge in [0.1, 0.15) is 16.8 Å². The molecule has 0 spiro atoms. The maximum absolute atomic E-state index is 6.19. The Kier molecular flexibility index (Phi) is 4.50. The summed E-state index contributed by atoms with van der Waals surface area (Å²) in [4.78, 5) is 13.6. The van der Waals surface area contributed by atoms with Gasteiger partial charge in [-0.25, -0.2) is 9.97 Å². The zero-order valence-corrected chi connectivity index (χ0v) is 14.8. The van der Waals surface area contributed by atoms with E-state index in [-0.39, 0.29) is 11.0 Å². The molecular formula is C16H27ClN4. The Morgan fingerprint density at radius 3 is 2.24 bits per heavy atom. The molecule has 1 saturated carbocycles. The molecule has 0 aromatic carbocycles. The summed E-state index contributed by atoms with van der Waals surface area (Å²) in [7, 11) is 6.43. The van der Waals surface area contributed by atoms with Gasteiger partial charge in [-0.15, -0.1) is 0 Å². The number of hydrogen-bond acceptors (Lipinski definition) is 4. The molecule has 0 saturated heterocycles. The summed E-state index contributed by atoms with van der Waals surface area (Å²) in [5.41, 5.74) is 0.171. The van der Waals surface area contributed by atoms with Gasteiger partial charge in [0.25, 0.3) is 0 Å². The lowest BCUT2D eigenvalue weighted by Crippen LogP contribution is -2.56. The molecule has 1 aromatic rings. The largest absolute Gasteiger partial charge is 0.358 e. The van der Waals surface area contributed by atoms with Crippen molar-refractivity contribution in [3.63, 3.8) is 0 Å². The lowest BCUT2D eigenvalue weighted by Gasteiger charge is -2.49. The van der Waals surface area contributed by atoms with Gasteiger partial charge < -0.3 is 9.80 Å². The quantitative estimate of drug-likeness (QED) is 0.798. The Hall–Kier alpha value is -0.870. The zero-order chi connectivity index (χ0) is 15.8. The number of rotatable bonds is 4. The molecule has 1 aliphatic rings. The number of aromatic nitrogens is 2. The number of halogens is 1. The van der Waals surface area contributed by atoms with Crippen molar-refractivity contribution in [2.24, 2.45) is 0 Å². The Balaban J connectivity index is 2.23. The minimum absolute atomic E-state index is 0.101. The zero-order valence-electron chi connectivity index (χ0n) is 14.1. The summed E-state index contributed by atoms with van der Waals surface area (Å²) in [5.74, 6) is 1.71. The first-order chi connectivity index (χ1) is 9.64. The Labute approximate surface area is 133 Å². The highest BCUT2D eigenvalue weighted by atomic mass is 35.5. The fourth-order valence-corrected chi connectivity index (χ4v) is 2.97. The van der Waals surface area contributed by atoms with Crippen LogP contribution in [0.5, 0.6) is 0 Å². The molecule has 1 fully saturated rings. The molecule has 0 aliphatic heterocycles. The average molecular weight is 311 g/mol. The van der Waals surface area contributed by atoms with Crippen molar-refractivity contribution in [3.05, 3.63) is 17.0 Å². The number of likely N-dealkylation sites (N-methyl/N-ethyl adjacent to an activating group) is 2. The molecule has 0 N–H and O–H groups in total. The number of nitrogens with zero attached hydrogens (tertiary/aromatic N) is 4. The highest BCUT2D eigenvalue weighted by Gasteiger charge is 2.40. The van der Waals surface area contributed by atoms with Crippen molar-refractivity contribution in [2.45, 2.75) is 51.0 Å².